The van der Waals surface area contributed by atoms with Gasteiger partial charge in [0.25, 0.3) is 5.89 Å². The van der Waals surface area contributed by atoms with E-state index in [4.69, 9.17) is 4.52 Å². The van der Waals surface area contributed by atoms with Gasteiger partial charge in [0.2, 0.25) is 5.95 Å². The van der Waals surface area contributed by atoms with Crippen molar-refractivity contribution in [2.45, 2.75) is 19.8 Å². The van der Waals surface area contributed by atoms with Crippen LogP contribution < -0.4 is 10.2 Å². The summed E-state index contributed by atoms with van der Waals surface area (Å²) >= 11 is 0. The highest BCUT2D eigenvalue weighted by Gasteiger charge is 2.18. The average Bonchev–Trinajstić information content (AvgIpc) is 3.26. The largest absolute Gasteiger partial charge is 0.369 e. The predicted molar refractivity (Wildman–Crippen MR) is 111 cm³/mol. The third kappa shape index (κ3) is 4.86. The van der Waals surface area contributed by atoms with Crippen molar-refractivity contribution in [3.05, 3.63) is 42.6 Å². The van der Waals surface area contributed by atoms with Gasteiger partial charge in [-0.3, -0.25) is 4.90 Å². The lowest BCUT2D eigenvalue weighted by molar-refractivity contribution is 0.266. The summed E-state index contributed by atoms with van der Waals surface area (Å²) in [5.41, 5.74) is 0.873. The van der Waals surface area contributed by atoms with Gasteiger partial charge in [-0.15, -0.1) is 0 Å². The smallest absolute Gasteiger partial charge is 0.258 e. The molecular formula is C20H26N8O. The standard InChI is InChI=1S/C20H26N8O/c1-15(2)18-25-19(29-26-18)16-4-7-21-17(14-16)22-8-9-27-10-12-28(13-11-27)20-23-5-3-6-24-20/h3-7,14-15H,8-13H2,1-2H3,(H,21,22). The Morgan fingerprint density at radius 3 is 2.59 bits per heavy atom. The molecule has 0 radical (unpaired) electrons. The molecule has 1 saturated heterocycles. The van der Waals surface area contributed by atoms with Gasteiger partial charge in [-0.05, 0) is 18.2 Å². The molecule has 0 aromatic carbocycles. The molecule has 1 N–H and O–H groups in total. The predicted octanol–water partition coefficient (Wildman–Crippen LogP) is 2.28. The summed E-state index contributed by atoms with van der Waals surface area (Å²) in [5, 5.41) is 7.42. The first kappa shape index (κ1) is 19.3. The van der Waals surface area contributed by atoms with Gasteiger partial charge in [-0.1, -0.05) is 19.0 Å². The molecule has 4 heterocycles. The summed E-state index contributed by atoms with van der Waals surface area (Å²) < 4.78 is 5.37. The fraction of sp³-hybridized carbons (Fsp3) is 0.450. The van der Waals surface area contributed by atoms with Crippen LogP contribution in [-0.4, -0.2) is 69.3 Å². The van der Waals surface area contributed by atoms with E-state index >= 15 is 0 Å². The van der Waals surface area contributed by atoms with Crippen LogP contribution in [0.1, 0.15) is 25.6 Å². The molecule has 4 rings (SSSR count). The molecule has 0 atom stereocenters. The zero-order valence-corrected chi connectivity index (χ0v) is 16.8. The first-order valence-corrected chi connectivity index (χ1v) is 9.97. The Hall–Kier alpha value is -3.07. The van der Waals surface area contributed by atoms with Crippen molar-refractivity contribution < 1.29 is 4.52 Å². The topological polar surface area (TPSA) is 96.1 Å². The monoisotopic (exact) mass is 394 g/mol. The summed E-state index contributed by atoms with van der Waals surface area (Å²) in [5.74, 6) is 3.10. The first-order chi connectivity index (χ1) is 14.2. The van der Waals surface area contributed by atoms with Crippen molar-refractivity contribution in [2.75, 3.05) is 49.5 Å². The van der Waals surface area contributed by atoms with Gasteiger partial charge in [0.1, 0.15) is 5.82 Å². The van der Waals surface area contributed by atoms with E-state index in [1.165, 1.54) is 0 Å². The maximum Gasteiger partial charge on any atom is 0.258 e. The zero-order chi connectivity index (χ0) is 20.1. The molecule has 152 valence electrons. The van der Waals surface area contributed by atoms with Gasteiger partial charge < -0.3 is 14.7 Å². The van der Waals surface area contributed by atoms with Gasteiger partial charge in [0.15, 0.2) is 5.82 Å². The van der Waals surface area contributed by atoms with Crippen molar-refractivity contribution in [1.82, 2.24) is 30.0 Å². The number of aromatic nitrogens is 5. The van der Waals surface area contributed by atoms with Gasteiger partial charge in [0.05, 0.1) is 0 Å². The van der Waals surface area contributed by atoms with E-state index in [2.05, 4.69) is 40.2 Å². The van der Waals surface area contributed by atoms with Crippen molar-refractivity contribution in [2.24, 2.45) is 0 Å². The fourth-order valence-electron chi connectivity index (χ4n) is 3.21. The van der Waals surface area contributed by atoms with Crippen molar-refractivity contribution in [3.8, 4) is 11.5 Å². The number of piperazine rings is 1. The third-order valence-corrected chi connectivity index (χ3v) is 4.91. The van der Waals surface area contributed by atoms with Gasteiger partial charge >= 0.3 is 0 Å². The molecule has 3 aromatic rings. The maximum atomic E-state index is 5.37. The first-order valence-electron chi connectivity index (χ1n) is 9.97. The van der Waals surface area contributed by atoms with Crippen molar-refractivity contribution >= 4 is 11.8 Å². The molecule has 9 heteroatoms. The summed E-state index contributed by atoms with van der Waals surface area (Å²) in [6.45, 7) is 9.72. The number of nitrogens with zero attached hydrogens (tertiary/aromatic N) is 7. The van der Waals surface area contributed by atoms with Crippen LogP contribution in [0.3, 0.4) is 0 Å². The number of hydrogen-bond donors (Lipinski definition) is 1. The normalized spacial score (nSPS) is 15.1. The summed E-state index contributed by atoms with van der Waals surface area (Å²) in [7, 11) is 0. The molecule has 0 spiro atoms. The van der Waals surface area contributed by atoms with Crippen molar-refractivity contribution in [1.29, 1.82) is 0 Å². The van der Waals surface area contributed by atoms with Crippen LogP contribution in [-0.2, 0) is 0 Å². The Morgan fingerprint density at radius 1 is 1.07 bits per heavy atom. The van der Waals surface area contributed by atoms with E-state index in [1.54, 1.807) is 18.6 Å². The van der Waals surface area contributed by atoms with Crippen LogP contribution in [0.5, 0.6) is 0 Å². The second kappa shape index (κ2) is 8.95. The van der Waals surface area contributed by atoms with Gasteiger partial charge in [0, 0.05) is 69.3 Å². The van der Waals surface area contributed by atoms with Crippen LogP contribution >= 0.6 is 0 Å². The molecule has 0 unspecified atom stereocenters. The molecule has 9 nitrogen and oxygen atoms in total. The molecular weight excluding hydrogens is 368 g/mol. The lowest BCUT2D eigenvalue weighted by Crippen LogP contribution is -2.48. The lowest BCUT2D eigenvalue weighted by atomic mass is 10.2. The second-order valence-corrected chi connectivity index (χ2v) is 7.35. The van der Waals surface area contributed by atoms with Crippen LogP contribution in [0.15, 0.2) is 41.3 Å². The number of rotatable bonds is 7. The minimum Gasteiger partial charge on any atom is -0.369 e. The quantitative estimate of drug-likeness (QED) is 0.647. The molecule has 1 aliphatic heterocycles. The highest BCUT2D eigenvalue weighted by molar-refractivity contribution is 5.57. The summed E-state index contributed by atoms with van der Waals surface area (Å²) in [4.78, 5) is 22.2. The maximum absolute atomic E-state index is 5.37. The highest BCUT2D eigenvalue weighted by atomic mass is 16.5. The van der Waals surface area contributed by atoms with Crippen LogP contribution in [0, 0.1) is 0 Å². The average molecular weight is 394 g/mol. The lowest BCUT2D eigenvalue weighted by Gasteiger charge is -2.34. The van der Waals surface area contributed by atoms with Crippen LogP contribution in [0.2, 0.25) is 0 Å². The number of pyridine rings is 1. The van der Waals surface area contributed by atoms with E-state index in [1.807, 2.05) is 32.0 Å². The Kier molecular flexibility index (Phi) is 5.95. The van der Waals surface area contributed by atoms with E-state index < -0.39 is 0 Å². The summed E-state index contributed by atoms with van der Waals surface area (Å²) in [6, 6.07) is 5.67. The second-order valence-electron chi connectivity index (χ2n) is 7.35. The molecule has 0 saturated carbocycles. The van der Waals surface area contributed by atoms with E-state index in [9.17, 15) is 0 Å². The van der Waals surface area contributed by atoms with Crippen LogP contribution in [0.25, 0.3) is 11.5 Å². The van der Waals surface area contributed by atoms with E-state index in [-0.39, 0.29) is 5.92 Å². The highest BCUT2D eigenvalue weighted by Crippen LogP contribution is 2.21. The van der Waals surface area contributed by atoms with E-state index in [0.29, 0.717) is 11.7 Å². The Balaban J connectivity index is 1.26. The number of anilines is 2. The van der Waals surface area contributed by atoms with E-state index in [0.717, 1.165) is 56.6 Å². The molecule has 1 fully saturated rings. The number of hydrogen-bond acceptors (Lipinski definition) is 9. The van der Waals surface area contributed by atoms with Gasteiger partial charge in [-0.25, -0.2) is 15.0 Å². The van der Waals surface area contributed by atoms with Gasteiger partial charge in [-0.2, -0.15) is 4.98 Å². The molecule has 0 aliphatic carbocycles. The molecule has 1 aliphatic rings. The molecule has 3 aromatic heterocycles. The Bertz CT molecular complexity index is 906. The number of nitrogens with one attached hydrogen (secondary N) is 1. The van der Waals surface area contributed by atoms with Crippen molar-refractivity contribution in [3.63, 3.8) is 0 Å². The molecule has 29 heavy (non-hydrogen) atoms. The Morgan fingerprint density at radius 2 is 1.86 bits per heavy atom. The minimum absolute atomic E-state index is 0.237. The third-order valence-electron chi connectivity index (χ3n) is 4.91. The zero-order valence-electron chi connectivity index (χ0n) is 16.8. The molecule has 0 amide bonds. The fourth-order valence-corrected chi connectivity index (χ4v) is 3.21. The SMILES string of the molecule is CC(C)c1noc(-c2ccnc(NCCN3CCN(c4ncccn4)CC3)c2)n1. The minimum atomic E-state index is 0.237. The molecule has 0 bridgehead atoms. The van der Waals surface area contributed by atoms with Crippen LogP contribution in [0.4, 0.5) is 11.8 Å². The summed E-state index contributed by atoms with van der Waals surface area (Å²) in [6.07, 6.45) is 5.34. The Labute approximate surface area is 170 Å².